The first-order valence-corrected chi connectivity index (χ1v) is 10.5. The van der Waals surface area contributed by atoms with Crippen LogP contribution in [0.5, 0.6) is 0 Å². The summed E-state index contributed by atoms with van der Waals surface area (Å²) in [6.45, 7) is 4.93. The molecule has 8 N–H and O–H groups in total. The van der Waals surface area contributed by atoms with Crippen LogP contribution in [0.4, 0.5) is 0 Å². The van der Waals surface area contributed by atoms with Crippen LogP contribution in [0.3, 0.4) is 0 Å². The van der Waals surface area contributed by atoms with Crippen molar-refractivity contribution in [1.29, 1.82) is 0 Å². The average molecular weight is 409 g/mol. The second kappa shape index (κ2) is 17.9. The van der Waals surface area contributed by atoms with Gasteiger partial charge in [0, 0.05) is 24.6 Å². The van der Waals surface area contributed by atoms with Crippen molar-refractivity contribution < 1.29 is 9.59 Å². The van der Waals surface area contributed by atoms with Gasteiger partial charge in [0.15, 0.2) is 0 Å². The van der Waals surface area contributed by atoms with Gasteiger partial charge < -0.3 is 32.7 Å². The molecule has 8 nitrogen and oxygen atoms in total. The van der Waals surface area contributed by atoms with E-state index in [1.54, 1.807) is 0 Å². The van der Waals surface area contributed by atoms with Crippen molar-refractivity contribution in [3.8, 4) is 0 Å². The molecule has 0 aliphatic rings. The van der Waals surface area contributed by atoms with Crippen LogP contribution in [0, 0.1) is 0 Å². The van der Waals surface area contributed by atoms with Crippen LogP contribution in [-0.2, 0) is 9.59 Å². The maximum Gasteiger partial charge on any atom is 0.237 e. The van der Waals surface area contributed by atoms with Gasteiger partial charge in [-0.3, -0.25) is 9.59 Å². The highest BCUT2D eigenvalue weighted by Gasteiger charge is 2.10. The molecule has 26 heavy (non-hydrogen) atoms. The third kappa shape index (κ3) is 14.6. The molecular weight excluding hydrogens is 372 g/mol. The summed E-state index contributed by atoms with van der Waals surface area (Å²) < 4.78 is 0. The summed E-state index contributed by atoms with van der Waals surface area (Å²) in [5.74, 6) is 0.430. The molecule has 0 saturated carbocycles. The van der Waals surface area contributed by atoms with E-state index in [0.29, 0.717) is 24.6 Å². The average Bonchev–Trinajstić information content (AvgIpc) is 2.66. The smallest absolute Gasteiger partial charge is 0.237 e. The van der Waals surface area contributed by atoms with Gasteiger partial charge in [0.1, 0.15) is 0 Å². The Hall–Kier alpha value is -0.520. The molecule has 0 aromatic heterocycles. The SMILES string of the molecule is NC(CS)C(=O)NCCCNCCCCNCCCNC(=O)C(N)CS. The van der Waals surface area contributed by atoms with E-state index < -0.39 is 12.1 Å². The molecule has 0 saturated heterocycles. The van der Waals surface area contributed by atoms with E-state index in [1.165, 1.54) is 0 Å². The monoisotopic (exact) mass is 408 g/mol. The number of hydrogen-bond donors (Lipinski definition) is 8. The lowest BCUT2D eigenvalue weighted by Gasteiger charge is -2.10. The number of unbranched alkanes of at least 4 members (excludes halogenated alkanes) is 1. The first kappa shape index (κ1) is 25.5. The lowest BCUT2D eigenvalue weighted by atomic mass is 10.3. The molecular formula is C16H36N6O2S2. The summed E-state index contributed by atoms with van der Waals surface area (Å²) in [6, 6.07) is -1.05. The van der Waals surface area contributed by atoms with Crippen molar-refractivity contribution in [2.45, 2.75) is 37.8 Å². The van der Waals surface area contributed by atoms with Gasteiger partial charge in [-0.2, -0.15) is 25.3 Å². The highest BCUT2D eigenvalue weighted by molar-refractivity contribution is 7.80. The number of carbonyl (C=O) groups excluding carboxylic acids is 2. The normalized spacial score (nSPS) is 13.2. The van der Waals surface area contributed by atoms with Gasteiger partial charge in [-0.25, -0.2) is 0 Å². The molecule has 0 aliphatic heterocycles. The van der Waals surface area contributed by atoms with Crippen molar-refractivity contribution in [1.82, 2.24) is 21.3 Å². The minimum atomic E-state index is -0.527. The Morgan fingerprint density at radius 1 is 0.654 bits per heavy atom. The minimum absolute atomic E-state index is 0.143. The van der Waals surface area contributed by atoms with Crippen LogP contribution in [0.2, 0.25) is 0 Å². The zero-order valence-corrected chi connectivity index (χ0v) is 17.3. The molecule has 0 bridgehead atoms. The number of hydrogen-bond acceptors (Lipinski definition) is 8. The quantitative estimate of drug-likeness (QED) is 0.109. The second-order valence-electron chi connectivity index (χ2n) is 6.07. The number of nitrogens with two attached hydrogens (primary N) is 2. The van der Waals surface area contributed by atoms with E-state index in [4.69, 9.17) is 11.5 Å². The molecule has 0 radical (unpaired) electrons. The van der Waals surface area contributed by atoms with Gasteiger partial charge >= 0.3 is 0 Å². The molecule has 0 rings (SSSR count). The third-order valence-corrected chi connectivity index (χ3v) is 4.47. The van der Waals surface area contributed by atoms with Crippen LogP contribution >= 0.6 is 25.3 Å². The first-order valence-electron chi connectivity index (χ1n) is 9.22. The molecule has 0 fully saturated rings. The third-order valence-electron chi connectivity index (χ3n) is 3.68. The summed E-state index contributed by atoms with van der Waals surface area (Å²) in [5, 5.41) is 12.3. The fraction of sp³-hybridized carbons (Fsp3) is 0.875. The Kier molecular flexibility index (Phi) is 17.5. The lowest BCUT2D eigenvalue weighted by molar-refractivity contribution is -0.122. The largest absolute Gasteiger partial charge is 0.355 e. The highest BCUT2D eigenvalue weighted by Crippen LogP contribution is 1.87. The second-order valence-corrected chi connectivity index (χ2v) is 6.80. The van der Waals surface area contributed by atoms with Crippen LogP contribution in [0.15, 0.2) is 0 Å². The first-order chi connectivity index (χ1) is 12.5. The predicted molar refractivity (Wildman–Crippen MR) is 114 cm³/mol. The fourth-order valence-electron chi connectivity index (χ4n) is 2.03. The van der Waals surface area contributed by atoms with Crippen LogP contribution in [0.1, 0.15) is 25.7 Å². The van der Waals surface area contributed by atoms with Crippen LogP contribution in [0.25, 0.3) is 0 Å². The van der Waals surface area contributed by atoms with E-state index in [2.05, 4.69) is 46.5 Å². The van der Waals surface area contributed by atoms with Gasteiger partial charge in [-0.05, 0) is 51.9 Å². The topological polar surface area (TPSA) is 134 Å². The Balaban J connectivity index is 3.23. The van der Waals surface area contributed by atoms with E-state index in [9.17, 15) is 9.59 Å². The molecule has 2 atom stereocenters. The van der Waals surface area contributed by atoms with E-state index >= 15 is 0 Å². The van der Waals surface area contributed by atoms with Gasteiger partial charge in [0.05, 0.1) is 12.1 Å². The van der Waals surface area contributed by atoms with Gasteiger partial charge in [-0.15, -0.1) is 0 Å². The highest BCUT2D eigenvalue weighted by atomic mass is 32.1. The number of amides is 2. The fourth-order valence-corrected chi connectivity index (χ4v) is 2.36. The van der Waals surface area contributed by atoms with Crippen molar-refractivity contribution in [2.75, 3.05) is 50.8 Å². The zero-order valence-electron chi connectivity index (χ0n) is 15.5. The summed E-state index contributed by atoms with van der Waals surface area (Å²) >= 11 is 7.98. The van der Waals surface area contributed by atoms with Gasteiger partial charge in [0.2, 0.25) is 11.8 Å². The maximum atomic E-state index is 11.4. The van der Waals surface area contributed by atoms with Crippen molar-refractivity contribution in [2.24, 2.45) is 11.5 Å². The van der Waals surface area contributed by atoms with E-state index in [-0.39, 0.29) is 11.8 Å². The maximum absolute atomic E-state index is 11.4. The molecule has 2 unspecified atom stereocenters. The Morgan fingerprint density at radius 3 is 1.35 bits per heavy atom. The summed E-state index contributed by atoms with van der Waals surface area (Å²) in [5.41, 5.74) is 11.1. The summed E-state index contributed by atoms with van der Waals surface area (Å²) in [4.78, 5) is 22.8. The Morgan fingerprint density at radius 2 is 1.00 bits per heavy atom. The molecule has 0 aromatic carbocycles. The van der Waals surface area contributed by atoms with Crippen molar-refractivity contribution in [3.63, 3.8) is 0 Å². The minimum Gasteiger partial charge on any atom is -0.355 e. The summed E-state index contributed by atoms with van der Waals surface area (Å²) in [6.07, 6.45) is 3.95. The summed E-state index contributed by atoms with van der Waals surface area (Å²) in [7, 11) is 0. The number of thiol groups is 2. The van der Waals surface area contributed by atoms with Gasteiger partial charge in [-0.1, -0.05) is 0 Å². The molecule has 154 valence electrons. The molecule has 0 aliphatic carbocycles. The Bertz CT molecular complexity index is 343. The lowest BCUT2D eigenvalue weighted by Crippen LogP contribution is -2.42. The number of rotatable bonds is 17. The molecule has 0 aromatic rings. The van der Waals surface area contributed by atoms with Crippen molar-refractivity contribution in [3.05, 3.63) is 0 Å². The van der Waals surface area contributed by atoms with E-state index in [1.807, 2.05) is 0 Å². The van der Waals surface area contributed by atoms with Crippen LogP contribution in [-0.4, -0.2) is 74.7 Å². The number of nitrogens with one attached hydrogen (secondary N) is 4. The Labute approximate surface area is 168 Å². The molecule has 0 heterocycles. The number of carbonyl (C=O) groups is 2. The molecule has 10 heteroatoms. The van der Waals surface area contributed by atoms with Gasteiger partial charge in [0.25, 0.3) is 0 Å². The van der Waals surface area contributed by atoms with Crippen molar-refractivity contribution >= 4 is 37.1 Å². The molecule has 2 amide bonds. The zero-order chi connectivity index (χ0) is 19.6. The molecule has 0 spiro atoms. The predicted octanol–water partition coefficient (Wildman–Crippen LogP) is -1.53. The standard InChI is InChI=1S/C16H36N6O2S2/c17-13(11-25)15(23)21-9-3-7-19-5-1-2-6-20-8-4-10-22-16(24)14(18)12-26/h13-14,19-20,25-26H,1-12,17-18H2,(H,21,23)(H,22,24). The van der Waals surface area contributed by atoms with Crippen LogP contribution < -0.4 is 32.7 Å². The van der Waals surface area contributed by atoms with E-state index in [0.717, 1.165) is 51.9 Å².